The van der Waals surface area contributed by atoms with Crippen molar-refractivity contribution >= 4 is 5.91 Å². The molecule has 16 heavy (non-hydrogen) atoms. The van der Waals surface area contributed by atoms with Crippen molar-refractivity contribution in [1.29, 1.82) is 0 Å². The summed E-state index contributed by atoms with van der Waals surface area (Å²) in [6, 6.07) is 5.92. The van der Waals surface area contributed by atoms with Gasteiger partial charge in [0.05, 0.1) is 0 Å². The highest BCUT2D eigenvalue weighted by atomic mass is 16.2. The number of likely N-dealkylation sites (N-methyl/N-ethyl adjacent to an activating group) is 1. The van der Waals surface area contributed by atoms with Gasteiger partial charge >= 0.3 is 0 Å². The van der Waals surface area contributed by atoms with Crippen molar-refractivity contribution in [2.75, 3.05) is 27.2 Å². The Labute approximate surface area is 95.9 Å². The summed E-state index contributed by atoms with van der Waals surface area (Å²) in [4.78, 5) is 20.2. The number of rotatable bonds is 2. The Hall–Kier alpha value is -1.42. The zero-order valence-corrected chi connectivity index (χ0v) is 9.76. The maximum Gasteiger partial charge on any atom is 0.272 e. The van der Waals surface area contributed by atoms with E-state index < -0.39 is 0 Å². The van der Waals surface area contributed by atoms with Gasteiger partial charge in [-0.2, -0.15) is 0 Å². The van der Waals surface area contributed by atoms with Crippen LogP contribution in [0.15, 0.2) is 24.4 Å². The zero-order valence-electron chi connectivity index (χ0n) is 9.76. The number of carbonyl (C=O) groups excluding carboxylic acids is 1. The second kappa shape index (κ2) is 4.61. The molecule has 0 aliphatic carbocycles. The lowest BCUT2D eigenvalue weighted by atomic mass is 10.2. The second-order valence-corrected chi connectivity index (χ2v) is 4.37. The van der Waals surface area contributed by atoms with Crippen LogP contribution in [-0.4, -0.2) is 53.9 Å². The molecule has 0 spiro atoms. The third-order valence-corrected chi connectivity index (χ3v) is 3.06. The summed E-state index contributed by atoms with van der Waals surface area (Å²) < 4.78 is 0. The van der Waals surface area contributed by atoms with E-state index in [4.69, 9.17) is 0 Å². The van der Waals surface area contributed by atoms with E-state index in [2.05, 4.69) is 24.0 Å². The molecule has 2 heterocycles. The van der Waals surface area contributed by atoms with Crippen LogP contribution in [0.2, 0.25) is 0 Å². The van der Waals surface area contributed by atoms with Gasteiger partial charge in [-0.25, -0.2) is 0 Å². The number of hydrogen-bond donors (Lipinski definition) is 0. The summed E-state index contributed by atoms with van der Waals surface area (Å²) in [7, 11) is 4.11. The van der Waals surface area contributed by atoms with E-state index in [1.54, 1.807) is 12.3 Å². The summed E-state index contributed by atoms with van der Waals surface area (Å²) in [5.41, 5.74) is 0.543. The molecule has 0 N–H and O–H groups in total. The standard InChI is InChI=1S/C12H17N3O/c1-14(2)10-6-8-15(9-10)12(16)11-5-3-4-7-13-11/h3-5,7,10H,6,8-9H2,1-2H3. The molecule has 2 rings (SSSR count). The fraction of sp³-hybridized carbons (Fsp3) is 0.500. The smallest absolute Gasteiger partial charge is 0.272 e. The van der Waals surface area contributed by atoms with Crippen molar-refractivity contribution in [3.8, 4) is 0 Å². The molecule has 1 fully saturated rings. The van der Waals surface area contributed by atoms with Crippen molar-refractivity contribution in [3.63, 3.8) is 0 Å². The Morgan fingerprint density at radius 1 is 1.50 bits per heavy atom. The number of aromatic nitrogens is 1. The van der Waals surface area contributed by atoms with Gasteiger partial charge in [-0.1, -0.05) is 6.07 Å². The Kier molecular flexibility index (Phi) is 3.19. The van der Waals surface area contributed by atoms with Gasteiger partial charge in [0.2, 0.25) is 0 Å². The molecule has 0 radical (unpaired) electrons. The number of amides is 1. The summed E-state index contributed by atoms with van der Waals surface area (Å²) in [5, 5.41) is 0. The second-order valence-electron chi connectivity index (χ2n) is 4.37. The molecule has 1 aromatic rings. The van der Waals surface area contributed by atoms with E-state index in [0.29, 0.717) is 11.7 Å². The Morgan fingerprint density at radius 3 is 2.88 bits per heavy atom. The predicted octanol–water partition coefficient (Wildman–Crippen LogP) is 0.858. The molecular weight excluding hydrogens is 202 g/mol. The lowest BCUT2D eigenvalue weighted by molar-refractivity contribution is 0.0777. The lowest BCUT2D eigenvalue weighted by Gasteiger charge is -2.20. The molecule has 0 aromatic carbocycles. The molecule has 1 unspecified atom stereocenters. The average Bonchev–Trinajstić information content (AvgIpc) is 2.78. The summed E-state index contributed by atoms with van der Waals surface area (Å²) in [6.07, 6.45) is 2.71. The van der Waals surface area contributed by atoms with Crippen molar-refractivity contribution in [3.05, 3.63) is 30.1 Å². The lowest BCUT2D eigenvalue weighted by Crippen LogP contribution is -2.34. The zero-order chi connectivity index (χ0) is 11.5. The van der Waals surface area contributed by atoms with E-state index in [1.165, 1.54) is 0 Å². The molecule has 1 aliphatic rings. The first kappa shape index (κ1) is 11.1. The number of carbonyl (C=O) groups is 1. The van der Waals surface area contributed by atoms with Crippen LogP contribution in [-0.2, 0) is 0 Å². The molecular formula is C12H17N3O. The number of pyridine rings is 1. The van der Waals surface area contributed by atoms with Gasteiger partial charge in [0.15, 0.2) is 0 Å². The molecule has 4 heteroatoms. The van der Waals surface area contributed by atoms with E-state index >= 15 is 0 Å². The highest BCUT2D eigenvalue weighted by Crippen LogP contribution is 2.15. The van der Waals surface area contributed by atoms with E-state index in [-0.39, 0.29) is 5.91 Å². The van der Waals surface area contributed by atoms with Gasteiger partial charge in [0.25, 0.3) is 5.91 Å². The van der Waals surface area contributed by atoms with Crippen LogP contribution < -0.4 is 0 Å². The molecule has 86 valence electrons. The van der Waals surface area contributed by atoms with Crippen molar-refractivity contribution < 1.29 is 4.79 Å². The molecule has 1 aromatic heterocycles. The van der Waals surface area contributed by atoms with Gasteiger partial charge in [0, 0.05) is 25.3 Å². The minimum atomic E-state index is 0.0463. The summed E-state index contributed by atoms with van der Waals surface area (Å²) in [6.45, 7) is 1.64. The average molecular weight is 219 g/mol. The summed E-state index contributed by atoms with van der Waals surface area (Å²) in [5.74, 6) is 0.0463. The number of likely N-dealkylation sites (tertiary alicyclic amines) is 1. The third kappa shape index (κ3) is 2.22. The first-order valence-corrected chi connectivity index (χ1v) is 5.55. The third-order valence-electron chi connectivity index (χ3n) is 3.06. The van der Waals surface area contributed by atoms with Gasteiger partial charge in [-0.15, -0.1) is 0 Å². The van der Waals surface area contributed by atoms with Crippen LogP contribution in [0, 0.1) is 0 Å². The number of hydrogen-bond acceptors (Lipinski definition) is 3. The van der Waals surface area contributed by atoms with E-state index in [1.807, 2.05) is 17.0 Å². The minimum Gasteiger partial charge on any atom is -0.336 e. The molecule has 1 amide bonds. The van der Waals surface area contributed by atoms with Crippen molar-refractivity contribution in [1.82, 2.24) is 14.8 Å². The van der Waals surface area contributed by atoms with Crippen molar-refractivity contribution in [2.24, 2.45) is 0 Å². The first-order valence-electron chi connectivity index (χ1n) is 5.55. The maximum atomic E-state index is 12.1. The van der Waals surface area contributed by atoms with Crippen LogP contribution >= 0.6 is 0 Å². The molecule has 4 nitrogen and oxygen atoms in total. The predicted molar refractivity (Wildman–Crippen MR) is 62.2 cm³/mol. The first-order chi connectivity index (χ1) is 7.68. The topological polar surface area (TPSA) is 36.4 Å². The Balaban J connectivity index is 2.03. The van der Waals surface area contributed by atoms with E-state index in [0.717, 1.165) is 19.5 Å². The number of nitrogens with zero attached hydrogens (tertiary/aromatic N) is 3. The van der Waals surface area contributed by atoms with Crippen molar-refractivity contribution in [2.45, 2.75) is 12.5 Å². The monoisotopic (exact) mass is 219 g/mol. The van der Waals surface area contributed by atoms with Gasteiger partial charge in [0.1, 0.15) is 5.69 Å². The molecule has 1 atom stereocenters. The molecule has 0 saturated carbocycles. The molecule has 1 aliphatic heterocycles. The van der Waals surface area contributed by atoms with Gasteiger partial charge in [-0.3, -0.25) is 9.78 Å². The van der Waals surface area contributed by atoms with Crippen LogP contribution in [0.1, 0.15) is 16.9 Å². The fourth-order valence-electron chi connectivity index (χ4n) is 2.00. The quantitative estimate of drug-likeness (QED) is 0.740. The van der Waals surface area contributed by atoms with Crippen LogP contribution in [0.4, 0.5) is 0 Å². The normalized spacial score (nSPS) is 20.4. The highest BCUT2D eigenvalue weighted by molar-refractivity contribution is 5.92. The van der Waals surface area contributed by atoms with Gasteiger partial charge < -0.3 is 9.80 Å². The maximum absolute atomic E-state index is 12.1. The van der Waals surface area contributed by atoms with E-state index in [9.17, 15) is 4.79 Å². The highest BCUT2D eigenvalue weighted by Gasteiger charge is 2.28. The Bertz CT molecular complexity index is 364. The fourth-order valence-corrected chi connectivity index (χ4v) is 2.00. The molecule has 0 bridgehead atoms. The Morgan fingerprint density at radius 2 is 2.31 bits per heavy atom. The summed E-state index contributed by atoms with van der Waals surface area (Å²) >= 11 is 0. The van der Waals surface area contributed by atoms with Crippen LogP contribution in [0.5, 0.6) is 0 Å². The van der Waals surface area contributed by atoms with Crippen LogP contribution in [0.3, 0.4) is 0 Å². The SMILES string of the molecule is CN(C)C1CCN(C(=O)c2ccccn2)C1. The molecule has 1 saturated heterocycles. The van der Waals surface area contributed by atoms with Gasteiger partial charge in [-0.05, 0) is 32.6 Å². The minimum absolute atomic E-state index is 0.0463. The largest absolute Gasteiger partial charge is 0.336 e. The van der Waals surface area contributed by atoms with Crippen LogP contribution in [0.25, 0.3) is 0 Å².